The van der Waals surface area contributed by atoms with Gasteiger partial charge in [0.1, 0.15) is 5.82 Å². The highest BCUT2D eigenvalue weighted by Gasteiger charge is 2.14. The van der Waals surface area contributed by atoms with E-state index in [1.165, 1.54) is 12.1 Å². The lowest BCUT2D eigenvalue weighted by Crippen LogP contribution is -2.32. The number of anilines is 1. The van der Waals surface area contributed by atoms with E-state index in [0.29, 0.717) is 22.3 Å². The van der Waals surface area contributed by atoms with Gasteiger partial charge in [0.05, 0.1) is 25.3 Å². The van der Waals surface area contributed by atoms with Gasteiger partial charge in [0.25, 0.3) is 0 Å². The Labute approximate surface area is 157 Å². The second-order valence-corrected chi connectivity index (χ2v) is 6.12. The van der Waals surface area contributed by atoms with Gasteiger partial charge in [0, 0.05) is 5.69 Å². The van der Waals surface area contributed by atoms with E-state index in [9.17, 15) is 4.39 Å². The van der Waals surface area contributed by atoms with Crippen molar-refractivity contribution in [3.63, 3.8) is 0 Å². The Bertz CT molecular complexity index is 758. The summed E-state index contributed by atoms with van der Waals surface area (Å²) in [6, 6.07) is 10.1. The topological polar surface area (TPSA) is 42.5 Å². The fourth-order valence-electron chi connectivity index (χ4n) is 2.39. The SMILES string of the molecule is CC[C@H](NC(=S)Nc1ccc(F)c(Cl)c1)c1ccc(OC)c(OC)c1. The van der Waals surface area contributed by atoms with E-state index in [0.717, 1.165) is 12.0 Å². The van der Waals surface area contributed by atoms with Crippen molar-refractivity contribution < 1.29 is 13.9 Å². The molecule has 0 saturated carbocycles. The zero-order chi connectivity index (χ0) is 18.4. The number of halogens is 2. The first-order valence-corrected chi connectivity index (χ1v) is 8.51. The summed E-state index contributed by atoms with van der Waals surface area (Å²) in [4.78, 5) is 0. The van der Waals surface area contributed by atoms with E-state index >= 15 is 0 Å². The fourth-order valence-corrected chi connectivity index (χ4v) is 2.83. The van der Waals surface area contributed by atoms with Crippen molar-refractivity contribution in [3.8, 4) is 11.5 Å². The molecule has 0 amide bonds. The Morgan fingerprint density at radius 3 is 2.48 bits per heavy atom. The number of nitrogens with one attached hydrogen (secondary N) is 2. The number of hydrogen-bond acceptors (Lipinski definition) is 3. The first kappa shape index (κ1) is 19.3. The van der Waals surface area contributed by atoms with Crippen LogP contribution in [0, 0.1) is 5.82 Å². The van der Waals surface area contributed by atoms with Gasteiger partial charge in [0.15, 0.2) is 16.6 Å². The Morgan fingerprint density at radius 2 is 1.88 bits per heavy atom. The van der Waals surface area contributed by atoms with Crippen LogP contribution in [0.25, 0.3) is 0 Å². The number of thiocarbonyl (C=S) groups is 1. The average Bonchev–Trinajstić information content (AvgIpc) is 2.62. The lowest BCUT2D eigenvalue weighted by molar-refractivity contribution is 0.354. The van der Waals surface area contributed by atoms with Gasteiger partial charge in [-0.05, 0) is 54.5 Å². The highest BCUT2D eigenvalue weighted by Crippen LogP contribution is 2.31. The second-order valence-electron chi connectivity index (χ2n) is 5.30. The fraction of sp³-hybridized carbons (Fsp3) is 0.278. The molecule has 25 heavy (non-hydrogen) atoms. The highest BCUT2D eigenvalue weighted by atomic mass is 35.5. The normalized spacial score (nSPS) is 11.6. The quantitative estimate of drug-likeness (QED) is 0.693. The molecule has 0 aliphatic heterocycles. The van der Waals surface area contributed by atoms with Crippen LogP contribution >= 0.6 is 23.8 Å². The van der Waals surface area contributed by atoms with Gasteiger partial charge in [-0.3, -0.25) is 0 Å². The molecule has 0 aliphatic rings. The third kappa shape index (κ3) is 4.96. The molecular weight excluding hydrogens is 363 g/mol. The summed E-state index contributed by atoms with van der Waals surface area (Å²) in [6.07, 6.45) is 0.807. The van der Waals surface area contributed by atoms with Crippen LogP contribution in [0.5, 0.6) is 11.5 Å². The molecule has 0 bridgehead atoms. The molecule has 0 spiro atoms. The van der Waals surface area contributed by atoms with Crippen LogP contribution < -0.4 is 20.1 Å². The van der Waals surface area contributed by atoms with Gasteiger partial charge >= 0.3 is 0 Å². The van der Waals surface area contributed by atoms with Crippen molar-refractivity contribution in [3.05, 3.63) is 52.8 Å². The van der Waals surface area contributed by atoms with Crippen molar-refractivity contribution in [1.29, 1.82) is 0 Å². The summed E-state index contributed by atoms with van der Waals surface area (Å²) in [5, 5.41) is 6.71. The van der Waals surface area contributed by atoms with Crippen LogP contribution in [0.3, 0.4) is 0 Å². The molecule has 2 N–H and O–H groups in total. The lowest BCUT2D eigenvalue weighted by Gasteiger charge is -2.21. The van der Waals surface area contributed by atoms with Crippen LogP contribution in [0.2, 0.25) is 5.02 Å². The number of ether oxygens (including phenoxy) is 2. The minimum atomic E-state index is -0.470. The van der Waals surface area contributed by atoms with Crippen LogP contribution in [0.4, 0.5) is 10.1 Å². The molecule has 7 heteroatoms. The molecule has 2 aromatic carbocycles. The summed E-state index contributed by atoms with van der Waals surface area (Å²) in [7, 11) is 3.19. The van der Waals surface area contributed by atoms with Crippen molar-refractivity contribution in [2.75, 3.05) is 19.5 Å². The Balaban J connectivity index is 2.10. The van der Waals surface area contributed by atoms with E-state index in [-0.39, 0.29) is 11.1 Å². The van der Waals surface area contributed by atoms with Crippen LogP contribution in [0.1, 0.15) is 24.9 Å². The predicted octanol–water partition coefficient (Wildman–Crippen LogP) is 4.93. The molecule has 0 radical (unpaired) electrons. The molecule has 0 fully saturated rings. The largest absolute Gasteiger partial charge is 0.493 e. The van der Waals surface area contributed by atoms with E-state index in [1.54, 1.807) is 20.3 Å². The molecule has 4 nitrogen and oxygen atoms in total. The number of hydrogen-bond donors (Lipinski definition) is 2. The van der Waals surface area contributed by atoms with Gasteiger partial charge in [-0.2, -0.15) is 0 Å². The van der Waals surface area contributed by atoms with E-state index in [2.05, 4.69) is 10.6 Å². The first-order valence-electron chi connectivity index (χ1n) is 7.73. The summed E-state index contributed by atoms with van der Waals surface area (Å²) >= 11 is 11.1. The number of rotatable bonds is 6. The molecule has 0 saturated heterocycles. The zero-order valence-corrected chi connectivity index (χ0v) is 15.8. The van der Waals surface area contributed by atoms with Crippen molar-refractivity contribution in [2.45, 2.75) is 19.4 Å². The predicted molar refractivity (Wildman–Crippen MR) is 103 cm³/mol. The van der Waals surface area contributed by atoms with Gasteiger partial charge < -0.3 is 20.1 Å². The Kier molecular flexibility index (Phi) is 6.84. The highest BCUT2D eigenvalue weighted by molar-refractivity contribution is 7.80. The molecule has 2 rings (SSSR count). The minimum Gasteiger partial charge on any atom is -0.493 e. The van der Waals surface area contributed by atoms with Gasteiger partial charge in [-0.15, -0.1) is 0 Å². The van der Waals surface area contributed by atoms with Gasteiger partial charge in [-0.1, -0.05) is 24.6 Å². The second kappa shape index (κ2) is 8.87. The first-order chi connectivity index (χ1) is 12.0. The number of methoxy groups -OCH3 is 2. The van der Waals surface area contributed by atoms with Gasteiger partial charge in [0.2, 0.25) is 0 Å². The maximum Gasteiger partial charge on any atom is 0.171 e. The summed E-state index contributed by atoms with van der Waals surface area (Å²) in [6.45, 7) is 2.05. The maximum atomic E-state index is 13.2. The summed E-state index contributed by atoms with van der Waals surface area (Å²) < 4.78 is 23.8. The van der Waals surface area contributed by atoms with E-state index in [1.807, 2.05) is 25.1 Å². The van der Waals surface area contributed by atoms with Crippen molar-refractivity contribution >= 4 is 34.6 Å². The molecular formula is C18H20ClFN2O2S. The number of benzene rings is 2. The monoisotopic (exact) mass is 382 g/mol. The lowest BCUT2D eigenvalue weighted by atomic mass is 10.0. The van der Waals surface area contributed by atoms with Crippen molar-refractivity contribution in [1.82, 2.24) is 5.32 Å². The molecule has 0 aliphatic carbocycles. The maximum absolute atomic E-state index is 13.2. The Morgan fingerprint density at radius 1 is 1.16 bits per heavy atom. The zero-order valence-electron chi connectivity index (χ0n) is 14.2. The molecule has 0 heterocycles. The molecule has 0 unspecified atom stereocenters. The summed E-state index contributed by atoms with van der Waals surface area (Å²) in [5.41, 5.74) is 1.63. The average molecular weight is 383 g/mol. The minimum absolute atomic E-state index is 0.0178. The third-order valence-electron chi connectivity index (χ3n) is 3.70. The standard InChI is InChI=1S/C18H20ClFN2O2S/c1-4-15(11-5-8-16(23-2)17(9-11)24-3)22-18(25)21-12-6-7-14(20)13(19)10-12/h5-10,15H,4H2,1-3H3,(H2,21,22,25)/t15-/m0/s1. The molecule has 1 atom stereocenters. The molecule has 0 aromatic heterocycles. The summed E-state index contributed by atoms with van der Waals surface area (Å²) in [5.74, 6) is 0.857. The van der Waals surface area contributed by atoms with Crippen molar-refractivity contribution in [2.24, 2.45) is 0 Å². The van der Waals surface area contributed by atoms with Crippen LogP contribution in [0.15, 0.2) is 36.4 Å². The van der Waals surface area contributed by atoms with E-state index in [4.69, 9.17) is 33.3 Å². The smallest absolute Gasteiger partial charge is 0.171 e. The third-order valence-corrected chi connectivity index (χ3v) is 4.21. The van der Waals surface area contributed by atoms with Gasteiger partial charge in [-0.25, -0.2) is 4.39 Å². The van der Waals surface area contributed by atoms with Crippen LogP contribution in [-0.2, 0) is 0 Å². The van der Waals surface area contributed by atoms with E-state index < -0.39 is 5.82 Å². The molecule has 2 aromatic rings. The van der Waals surface area contributed by atoms with Crippen LogP contribution in [-0.4, -0.2) is 19.3 Å². The Hall–Kier alpha value is -2.05. The molecule has 134 valence electrons.